The minimum absolute atomic E-state index is 0. The number of carbonyl (C=O) groups excluding carboxylic acids is 1. The van der Waals surface area contributed by atoms with Crippen molar-refractivity contribution in [2.45, 2.75) is 64.1 Å². The molecule has 1 aliphatic carbocycles. The second kappa shape index (κ2) is 10.1. The molecule has 0 radical (unpaired) electrons. The predicted molar refractivity (Wildman–Crippen MR) is 105 cm³/mol. The molecule has 1 aromatic carbocycles. The number of halogens is 1. The van der Waals surface area contributed by atoms with Gasteiger partial charge in [0.15, 0.2) is 0 Å². The molecule has 6 heteroatoms. The average molecular weight is 383 g/mol. The van der Waals surface area contributed by atoms with Gasteiger partial charge in [-0.05, 0) is 50.2 Å². The van der Waals surface area contributed by atoms with Crippen LogP contribution in [0.2, 0.25) is 0 Å². The van der Waals surface area contributed by atoms with Crippen LogP contribution in [0.3, 0.4) is 0 Å². The van der Waals surface area contributed by atoms with E-state index in [9.17, 15) is 4.79 Å². The SMILES string of the molecule is Cc1ccc(CNC(=O)C[C@@H]2CCC[C@H]2N)c(OCC2CCCO2)c1.Cl. The maximum Gasteiger partial charge on any atom is 0.220 e. The minimum atomic E-state index is 0. The van der Waals surface area contributed by atoms with Crippen LogP contribution in [-0.4, -0.2) is 31.3 Å². The highest BCUT2D eigenvalue weighted by atomic mass is 35.5. The molecule has 1 saturated heterocycles. The smallest absolute Gasteiger partial charge is 0.220 e. The first-order valence-electron chi connectivity index (χ1n) is 9.48. The van der Waals surface area contributed by atoms with Crippen molar-refractivity contribution >= 4 is 18.3 Å². The monoisotopic (exact) mass is 382 g/mol. The van der Waals surface area contributed by atoms with E-state index in [0.29, 0.717) is 25.5 Å². The molecule has 3 N–H and O–H groups in total. The number of rotatable bonds is 7. The number of amides is 1. The summed E-state index contributed by atoms with van der Waals surface area (Å²) in [4.78, 5) is 12.2. The molecule has 0 bridgehead atoms. The maximum atomic E-state index is 12.2. The van der Waals surface area contributed by atoms with Crippen molar-refractivity contribution in [1.82, 2.24) is 5.32 Å². The number of carbonyl (C=O) groups is 1. The van der Waals surface area contributed by atoms with Crippen LogP contribution >= 0.6 is 12.4 Å². The first-order valence-corrected chi connectivity index (χ1v) is 9.48. The lowest BCUT2D eigenvalue weighted by Crippen LogP contribution is -2.31. The maximum absolute atomic E-state index is 12.2. The van der Waals surface area contributed by atoms with E-state index in [2.05, 4.69) is 5.32 Å². The normalized spacial score (nSPS) is 24.9. The van der Waals surface area contributed by atoms with Gasteiger partial charge in [0, 0.05) is 31.2 Å². The molecule has 3 rings (SSSR count). The lowest BCUT2D eigenvalue weighted by molar-refractivity contribution is -0.122. The van der Waals surface area contributed by atoms with Crippen LogP contribution in [0, 0.1) is 12.8 Å². The molecule has 2 aliphatic rings. The fourth-order valence-corrected chi connectivity index (χ4v) is 3.72. The fourth-order valence-electron chi connectivity index (χ4n) is 3.72. The zero-order chi connectivity index (χ0) is 17.6. The highest BCUT2D eigenvalue weighted by Gasteiger charge is 2.26. The van der Waals surface area contributed by atoms with Gasteiger partial charge in [0.25, 0.3) is 0 Å². The van der Waals surface area contributed by atoms with Crippen molar-refractivity contribution in [2.24, 2.45) is 11.7 Å². The van der Waals surface area contributed by atoms with Crippen LogP contribution in [0.25, 0.3) is 0 Å². The summed E-state index contributed by atoms with van der Waals surface area (Å²) in [5, 5.41) is 3.03. The van der Waals surface area contributed by atoms with E-state index in [4.69, 9.17) is 15.2 Å². The third-order valence-corrected chi connectivity index (χ3v) is 5.31. The van der Waals surface area contributed by atoms with E-state index in [0.717, 1.165) is 55.6 Å². The van der Waals surface area contributed by atoms with Crippen molar-refractivity contribution in [3.63, 3.8) is 0 Å². The van der Waals surface area contributed by atoms with Crippen molar-refractivity contribution in [1.29, 1.82) is 0 Å². The van der Waals surface area contributed by atoms with E-state index in [1.165, 1.54) is 0 Å². The van der Waals surface area contributed by atoms with Crippen LogP contribution in [0.1, 0.15) is 49.7 Å². The summed E-state index contributed by atoms with van der Waals surface area (Å²) in [5.41, 5.74) is 8.22. The first-order chi connectivity index (χ1) is 12.1. The van der Waals surface area contributed by atoms with Gasteiger partial charge in [-0.25, -0.2) is 0 Å². The zero-order valence-corrected chi connectivity index (χ0v) is 16.4. The van der Waals surface area contributed by atoms with Gasteiger partial charge in [0.05, 0.1) is 6.10 Å². The number of hydrogen-bond donors (Lipinski definition) is 2. The van der Waals surface area contributed by atoms with Crippen LogP contribution in [0.4, 0.5) is 0 Å². The average Bonchev–Trinajstić information content (AvgIpc) is 3.24. The Labute approximate surface area is 162 Å². The van der Waals surface area contributed by atoms with Crippen LogP contribution in [0.15, 0.2) is 18.2 Å². The molecule has 5 nitrogen and oxygen atoms in total. The number of benzene rings is 1. The summed E-state index contributed by atoms with van der Waals surface area (Å²) < 4.78 is 11.6. The standard InChI is InChI=1S/C20H30N2O3.ClH/c1-14-7-8-16(19(10-14)25-13-17-5-3-9-24-17)12-22-20(23)11-15-4-2-6-18(15)21;/h7-8,10,15,17-18H,2-6,9,11-13,21H2,1H3,(H,22,23);1H/t15-,17?,18+;/m0./s1. The van der Waals surface area contributed by atoms with Crippen LogP contribution in [0.5, 0.6) is 5.75 Å². The summed E-state index contributed by atoms with van der Waals surface area (Å²) in [5.74, 6) is 1.25. The summed E-state index contributed by atoms with van der Waals surface area (Å²) in [6.07, 6.45) is 6.11. The van der Waals surface area contributed by atoms with E-state index in [1.54, 1.807) is 0 Å². The predicted octanol–water partition coefficient (Wildman–Crippen LogP) is 3.11. The summed E-state index contributed by atoms with van der Waals surface area (Å²) in [6, 6.07) is 6.29. The molecule has 0 aromatic heterocycles. The molecule has 146 valence electrons. The summed E-state index contributed by atoms with van der Waals surface area (Å²) in [6.45, 7) is 3.93. The number of nitrogens with two attached hydrogens (primary N) is 1. The molecular weight excluding hydrogens is 352 g/mol. The molecular formula is C20H31ClN2O3. The molecule has 1 heterocycles. The van der Waals surface area contributed by atoms with Gasteiger partial charge in [0.1, 0.15) is 12.4 Å². The molecule has 1 amide bonds. The van der Waals surface area contributed by atoms with Gasteiger partial charge in [-0.15, -0.1) is 12.4 Å². The Balaban J connectivity index is 0.00000243. The molecule has 1 aliphatic heterocycles. The van der Waals surface area contributed by atoms with Crippen molar-refractivity contribution < 1.29 is 14.3 Å². The third kappa shape index (κ3) is 5.86. The quantitative estimate of drug-likeness (QED) is 0.759. The van der Waals surface area contributed by atoms with E-state index >= 15 is 0 Å². The minimum Gasteiger partial charge on any atom is -0.491 e. The summed E-state index contributed by atoms with van der Waals surface area (Å²) in [7, 11) is 0. The highest BCUT2D eigenvalue weighted by molar-refractivity contribution is 5.85. The lowest BCUT2D eigenvalue weighted by atomic mass is 10.00. The van der Waals surface area contributed by atoms with Gasteiger partial charge in [0.2, 0.25) is 5.91 Å². The fraction of sp³-hybridized carbons (Fsp3) is 0.650. The largest absolute Gasteiger partial charge is 0.491 e. The summed E-state index contributed by atoms with van der Waals surface area (Å²) >= 11 is 0. The molecule has 3 atom stereocenters. The van der Waals surface area contributed by atoms with Gasteiger partial charge >= 0.3 is 0 Å². The van der Waals surface area contributed by atoms with Crippen molar-refractivity contribution in [2.75, 3.05) is 13.2 Å². The third-order valence-electron chi connectivity index (χ3n) is 5.31. The van der Waals surface area contributed by atoms with Gasteiger partial charge in [-0.3, -0.25) is 4.79 Å². The molecule has 2 fully saturated rings. The topological polar surface area (TPSA) is 73.6 Å². The lowest BCUT2D eigenvalue weighted by Gasteiger charge is -2.17. The Morgan fingerprint density at radius 1 is 1.31 bits per heavy atom. The highest BCUT2D eigenvalue weighted by Crippen LogP contribution is 2.27. The Bertz CT molecular complexity index is 590. The van der Waals surface area contributed by atoms with Crippen molar-refractivity contribution in [3.05, 3.63) is 29.3 Å². The first kappa shape index (κ1) is 21.0. The number of hydrogen-bond acceptors (Lipinski definition) is 4. The van der Waals surface area contributed by atoms with Gasteiger partial charge in [-0.1, -0.05) is 18.6 Å². The Morgan fingerprint density at radius 2 is 2.15 bits per heavy atom. The second-order valence-electron chi connectivity index (χ2n) is 7.39. The Hall–Kier alpha value is -1.30. The molecule has 1 unspecified atom stereocenters. The number of ether oxygens (including phenoxy) is 2. The number of aryl methyl sites for hydroxylation is 1. The zero-order valence-electron chi connectivity index (χ0n) is 15.5. The number of nitrogens with one attached hydrogen (secondary N) is 1. The molecule has 26 heavy (non-hydrogen) atoms. The molecule has 1 aromatic rings. The van der Waals surface area contributed by atoms with E-state index in [-0.39, 0.29) is 30.5 Å². The van der Waals surface area contributed by atoms with Gasteiger partial charge < -0.3 is 20.5 Å². The molecule has 1 saturated carbocycles. The van der Waals surface area contributed by atoms with Crippen LogP contribution in [-0.2, 0) is 16.1 Å². The van der Waals surface area contributed by atoms with Crippen molar-refractivity contribution in [3.8, 4) is 5.75 Å². The second-order valence-corrected chi connectivity index (χ2v) is 7.39. The Morgan fingerprint density at radius 3 is 2.85 bits per heavy atom. The molecule has 0 spiro atoms. The van der Waals surface area contributed by atoms with E-state index in [1.807, 2.05) is 25.1 Å². The van der Waals surface area contributed by atoms with Crippen LogP contribution < -0.4 is 15.8 Å². The van der Waals surface area contributed by atoms with E-state index < -0.39 is 0 Å². The Kier molecular flexibility index (Phi) is 8.19. The van der Waals surface area contributed by atoms with Gasteiger partial charge in [-0.2, -0.15) is 0 Å².